The van der Waals surface area contributed by atoms with E-state index < -0.39 is 0 Å². The van der Waals surface area contributed by atoms with Crippen molar-refractivity contribution in [3.05, 3.63) is 47.9 Å². The lowest BCUT2D eigenvalue weighted by Gasteiger charge is -2.32. The lowest BCUT2D eigenvalue weighted by Crippen LogP contribution is -2.44. The van der Waals surface area contributed by atoms with Crippen molar-refractivity contribution in [3.63, 3.8) is 0 Å². The first-order valence-corrected chi connectivity index (χ1v) is 8.56. The molecule has 1 atom stereocenters. The van der Waals surface area contributed by atoms with Gasteiger partial charge in [-0.05, 0) is 38.0 Å². The Morgan fingerprint density at radius 2 is 2.16 bits per heavy atom. The topological polar surface area (TPSA) is 58.6 Å². The maximum Gasteiger partial charge on any atom is 0.254 e. The van der Waals surface area contributed by atoms with E-state index in [0.717, 1.165) is 25.1 Å². The number of hydrogen-bond donors (Lipinski definition) is 0. The van der Waals surface area contributed by atoms with Gasteiger partial charge in [-0.25, -0.2) is 4.98 Å². The first kappa shape index (κ1) is 17.2. The van der Waals surface area contributed by atoms with Gasteiger partial charge in [0.05, 0.1) is 6.54 Å². The largest absolute Gasteiger partial charge is 0.472 e. The Kier molecular flexibility index (Phi) is 5.16. The van der Waals surface area contributed by atoms with Crippen LogP contribution in [0.4, 0.5) is 5.69 Å². The third-order valence-electron chi connectivity index (χ3n) is 4.31. The van der Waals surface area contributed by atoms with Crippen molar-refractivity contribution < 1.29 is 9.53 Å². The number of hydrogen-bond acceptors (Lipinski definition) is 5. The fourth-order valence-electron chi connectivity index (χ4n) is 2.99. The lowest BCUT2D eigenvalue weighted by atomic mass is 10.1. The second-order valence-electron chi connectivity index (χ2n) is 6.52. The fraction of sp³-hybridized carbons (Fsp3) is 0.421. The number of anilines is 1. The van der Waals surface area contributed by atoms with Crippen molar-refractivity contribution in [2.24, 2.45) is 0 Å². The van der Waals surface area contributed by atoms with Crippen LogP contribution in [0.3, 0.4) is 0 Å². The van der Waals surface area contributed by atoms with Gasteiger partial charge in [-0.1, -0.05) is 6.07 Å². The molecule has 1 aromatic heterocycles. The molecule has 1 fully saturated rings. The molecule has 1 amide bonds. The molecule has 0 bridgehead atoms. The van der Waals surface area contributed by atoms with Crippen LogP contribution in [0.25, 0.3) is 0 Å². The van der Waals surface area contributed by atoms with Crippen LogP contribution in [0.5, 0.6) is 5.88 Å². The lowest BCUT2D eigenvalue weighted by molar-refractivity contribution is 0.0527. The highest BCUT2D eigenvalue weighted by Gasteiger charge is 2.26. The Hall–Kier alpha value is -2.63. The van der Waals surface area contributed by atoms with E-state index in [1.54, 1.807) is 12.3 Å². The molecule has 1 aromatic carbocycles. The molecular weight excluding hydrogens is 316 g/mol. The van der Waals surface area contributed by atoms with Gasteiger partial charge < -0.3 is 14.5 Å². The van der Waals surface area contributed by atoms with E-state index in [9.17, 15) is 4.79 Å². The highest BCUT2D eigenvalue weighted by Crippen LogP contribution is 2.20. The van der Waals surface area contributed by atoms with Crippen LogP contribution in [0.15, 0.2) is 36.5 Å². The van der Waals surface area contributed by atoms with Gasteiger partial charge >= 0.3 is 0 Å². The predicted octanol–water partition coefficient (Wildman–Crippen LogP) is 2.53. The number of carbonyl (C=O) groups is 1. The summed E-state index contributed by atoms with van der Waals surface area (Å²) in [6.07, 6.45) is 3.50. The highest BCUT2D eigenvalue weighted by molar-refractivity contribution is 5.95. The van der Waals surface area contributed by atoms with Gasteiger partial charge in [-0.15, -0.1) is 0 Å². The second-order valence-corrected chi connectivity index (χ2v) is 6.52. The monoisotopic (exact) mass is 340 g/mol. The average molecular weight is 340 g/mol. The van der Waals surface area contributed by atoms with Crippen LogP contribution in [0.1, 0.15) is 29.0 Å². The van der Waals surface area contributed by atoms with Gasteiger partial charge in [-0.2, -0.15) is 4.98 Å². The van der Waals surface area contributed by atoms with E-state index in [4.69, 9.17) is 4.74 Å². The van der Waals surface area contributed by atoms with Crippen LogP contribution in [-0.4, -0.2) is 54.1 Å². The number of ether oxygens (including phenoxy) is 1. The average Bonchev–Trinajstić information content (AvgIpc) is 2.61. The van der Waals surface area contributed by atoms with Gasteiger partial charge in [0.25, 0.3) is 5.91 Å². The standard InChI is InChI=1S/C19H24N4O2/c1-14-20-10-9-18(21-14)25-17-8-5-11-23(13-17)19(24)15-6-4-7-16(12-15)22(2)3/h4,6-7,9-10,12,17H,5,8,11,13H2,1-3H3/t17-/m1/s1. The summed E-state index contributed by atoms with van der Waals surface area (Å²) in [7, 11) is 3.94. The molecule has 2 aromatic rings. The van der Waals surface area contributed by atoms with Crippen molar-refractivity contribution in [1.29, 1.82) is 0 Å². The second kappa shape index (κ2) is 7.51. The van der Waals surface area contributed by atoms with Crippen LogP contribution >= 0.6 is 0 Å². The van der Waals surface area contributed by atoms with E-state index in [0.29, 0.717) is 23.8 Å². The molecule has 0 unspecified atom stereocenters. The summed E-state index contributed by atoms with van der Waals surface area (Å²) >= 11 is 0. The Bertz CT molecular complexity index is 748. The van der Waals surface area contributed by atoms with Crippen LogP contribution < -0.4 is 9.64 Å². The van der Waals surface area contributed by atoms with Crippen molar-refractivity contribution in [1.82, 2.24) is 14.9 Å². The number of piperidine rings is 1. The summed E-state index contributed by atoms with van der Waals surface area (Å²) in [6.45, 7) is 3.17. The normalized spacial score (nSPS) is 17.2. The SMILES string of the molecule is Cc1nccc(O[C@@H]2CCCN(C(=O)c3cccc(N(C)C)c3)C2)n1. The minimum atomic E-state index is -0.0379. The molecule has 1 saturated heterocycles. The zero-order valence-electron chi connectivity index (χ0n) is 15.0. The van der Waals surface area contributed by atoms with Gasteiger partial charge in [0.1, 0.15) is 11.9 Å². The van der Waals surface area contributed by atoms with Gasteiger partial charge in [0.2, 0.25) is 5.88 Å². The molecule has 3 rings (SSSR count). The van der Waals surface area contributed by atoms with Crippen LogP contribution in [0.2, 0.25) is 0 Å². The smallest absolute Gasteiger partial charge is 0.254 e. The molecule has 0 spiro atoms. The summed E-state index contributed by atoms with van der Waals surface area (Å²) < 4.78 is 5.96. The van der Waals surface area contributed by atoms with Crippen LogP contribution in [-0.2, 0) is 0 Å². The van der Waals surface area contributed by atoms with Gasteiger partial charge in [0.15, 0.2) is 0 Å². The minimum absolute atomic E-state index is 0.0379. The van der Waals surface area contributed by atoms with Gasteiger partial charge in [-0.3, -0.25) is 4.79 Å². The third kappa shape index (κ3) is 4.26. The number of carbonyl (C=O) groups excluding carboxylic acids is 1. The summed E-state index contributed by atoms with van der Waals surface area (Å²) in [5.41, 5.74) is 1.73. The fourth-order valence-corrected chi connectivity index (χ4v) is 2.99. The molecule has 0 radical (unpaired) electrons. The third-order valence-corrected chi connectivity index (χ3v) is 4.31. The molecular formula is C19H24N4O2. The van der Waals surface area contributed by atoms with Crippen molar-refractivity contribution in [3.8, 4) is 5.88 Å². The van der Waals surface area contributed by atoms with E-state index >= 15 is 0 Å². The van der Waals surface area contributed by atoms with Crippen LogP contribution in [0, 0.1) is 6.92 Å². The molecule has 1 aliphatic heterocycles. The van der Waals surface area contributed by atoms with Crippen molar-refractivity contribution in [2.45, 2.75) is 25.9 Å². The summed E-state index contributed by atoms with van der Waals surface area (Å²) in [6, 6.07) is 9.48. The molecule has 132 valence electrons. The maximum atomic E-state index is 12.9. The Balaban J connectivity index is 1.68. The van der Waals surface area contributed by atoms with E-state index in [-0.39, 0.29) is 12.0 Å². The molecule has 25 heavy (non-hydrogen) atoms. The first-order valence-electron chi connectivity index (χ1n) is 8.56. The summed E-state index contributed by atoms with van der Waals surface area (Å²) in [5, 5.41) is 0. The Morgan fingerprint density at radius 3 is 2.92 bits per heavy atom. The zero-order chi connectivity index (χ0) is 17.8. The Morgan fingerprint density at radius 1 is 1.32 bits per heavy atom. The molecule has 0 saturated carbocycles. The predicted molar refractivity (Wildman–Crippen MR) is 97.1 cm³/mol. The minimum Gasteiger partial charge on any atom is -0.472 e. The van der Waals surface area contributed by atoms with Crippen molar-refractivity contribution >= 4 is 11.6 Å². The molecule has 1 aliphatic rings. The number of amides is 1. The number of rotatable bonds is 4. The Labute approximate surface area is 148 Å². The zero-order valence-corrected chi connectivity index (χ0v) is 15.0. The number of benzene rings is 1. The molecule has 6 nitrogen and oxygen atoms in total. The molecule has 2 heterocycles. The van der Waals surface area contributed by atoms with E-state index in [1.807, 2.05) is 55.1 Å². The number of aryl methyl sites for hydroxylation is 1. The number of nitrogens with zero attached hydrogens (tertiary/aromatic N) is 4. The van der Waals surface area contributed by atoms with Crippen molar-refractivity contribution in [2.75, 3.05) is 32.1 Å². The number of aromatic nitrogens is 2. The van der Waals surface area contributed by atoms with Gasteiger partial charge in [0, 0.05) is 44.2 Å². The number of likely N-dealkylation sites (tertiary alicyclic amines) is 1. The summed E-state index contributed by atoms with van der Waals surface area (Å²) in [4.78, 5) is 25.1. The summed E-state index contributed by atoms with van der Waals surface area (Å²) in [5.74, 6) is 1.30. The first-order chi connectivity index (χ1) is 12.0. The molecule has 6 heteroatoms. The quantitative estimate of drug-likeness (QED) is 0.856. The highest BCUT2D eigenvalue weighted by atomic mass is 16.5. The van der Waals surface area contributed by atoms with E-state index in [1.165, 1.54) is 0 Å². The maximum absolute atomic E-state index is 12.9. The van der Waals surface area contributed by atoms with E-state index in [2.05, 4.69) is 9.97 Å². The molecule has 0 aliphatic carbocycles. The molecule has 0 N–H and O–H groups in total.